The van der Waals surface area contributed by atoms with Gasteiger partial charge in [0.2, 0.25) is 0 Å². The van der Waals surface area contributed by atoms with Crippen LogP contribution in [-0.4, -0.2) is 19.6 Å². The molecule has 0 aliphatic carbocycles. The maximum Gasteiger partial charge on any atom is 0.254 e. The molecule has 0 aliphatic heterocycles. The van der Waals surface area contributed by atoms with Gasteiger partial charge in [-0.1, -0.05) is 20.8 Å². The van der Waals surface area contributed by atoms with E-state index in [0.29, 0.717) is 5.78 Å². The van der Waals surface area contributed by atoms with Gasteiger partial charge in [-0.25, -0.2) is 4.98 Å². The molecule has 0 saturated heterocycles. The highest BCUT2D eigenvalue weighted by Gasteiger charge is 2.17. The first kappa shape index (κ1) is 8.16. The largest absolute Gasteiger partial charge is 0.269 e. The summed E-state index contributed by atoms with van der Waals surface area (Å²) >= 11 is 0. The topological polar surface area (TPSA) is 43.1 Å². The van der Waals surface area contributed by atoms with E-state index >= 15 is 0 Å². The molecule has 0 aromatic carbocycles. The number of nitrogens with zero attached hydrogens (tertiary/aromatic N) is 4. The van der Waals surface area contributed by atoms with Crippen LogP contribution in [0.5, 0.6) is 0 Å². The first-order valence-corrected chi connectivity index (χ1v) is 4.24. The first-order chi connectivity index (χ1) is 6.09. The van der Waals surface area contributed by atoms with Gasteiger partial charge in [0.1, 0.15) is 6.33 Å². The fourth-order valence-corrected chi connectivity index (χ4v) is 1.35. The average Bonchev–Trinajstić information content (AvgIpc) is 2.48. The van der Waals surface area contributed by atoms with Crippen molar-refractivity contribution in [2.75, 3.05) is 0 Å². The third kappa shape index (κ3) is 1.28. The summed E-state index contributed by atoms with van der Waals surface area (Å²) in [4.78, 5) is 4.10. The number of aromatic nitrogens is 4. The highest BCUT2D eigenvalue weighted by atomic mass is 15.3. The monoisotopic (exact) mass is 176 g/mol. The van der Waals surface area contributed by atoms with Crippen LogP contribution >= 0.6 is 0 Å². The van der Waals surface area contributed by atoms with E-state index in [4.69, 9.17) is 0 Å². The molecule has 0 saturated carbocycles. The first-order valence-electron chi connectivity index (χ1n) is 4.24. The zero-order chi connectivity index (χ0) is 9.47. The third-order valence-corrected chi connectivity index (χ3v) is 1.98. The maximum atomic E-state index is 4.10. The standard InChI is InChI=1S/C9H12N4/c1-9(2,3)7-4-5-10-8-12-11-6-13(7)8/h4-6H,1-3H3. The molecule has 0 radical (unpaired) electrons. The van der Waals surface area contributed by atoms with Crippen LogP contribution in [0.2, 0.25) is 0 Å². The van der Waals surface area contributed by atoms with Crippen molar-refractivity contribution in [3.8, 4) is 0 Å². The van der Waals surface area contributed by atoms with Crippen LogP contribution < -0.4 is 0 Å². The lowest BCUT2D eigenvalue weighted by molar-refractivity contribution is 0.558. The molecule has 0 bridgehead atoms. The quantitative estimate of drug-likeness (QED) is 0.609. The maximum absolute atomic E-state index is 4.10. The lowest BCUT2D eigenvalue weighted by atomic mass is 9.92. The third-order valence-electron chi connectivity index (χ3n) is 1.98. The smallest absolute Gasteiger partial charge is 0.254 e. The molecule has 0 fully saturated rings. The molecule has 0 unspecified atom stereocenters. The van der Waals surface area contributed by atoms with E-state index in [2.05, 4.69) is 36.0 Å². The van der Waals surface area contributed by atoms with Crippen molar-refractivity contribution in [1.29, 1.82) is 0 Å². The summed E-state index contributed by atoms with van der Waals surface area (Å²) in [5.41, 5.74) is 1.26. The minimum Gasteiger partial charge on any atom is -0.269 e. The molecular weight excluding hydrogens is 164 g/mol. The molecule has 2 rings (SSSR count). The molecule has 2 aromatic rings. The Balaban J connectivity index is 2.75. The van der Waals surface area contributed by atoms with Crippen LogP contribution in [-0.2, 0) is 5.41 Å². The highest BCUT2D eigenvalue weighted by Crippen LogP contribution is 2.21. The summed E-state index contributed by atoms with van der Waals surface area (Å²) in [5, 5.41) is 7.72. The summed E-state index contributed by atoms with van der Waals surface area (Å²) in [7, 11) is 0. The van der Waals surface area contributed by atoms with E-state index in [-0.39, 0.29) is 5.41 Å². The van der Waals surface area contributed by atoms with E-state index in [9.17, 15) is 0 Å². The molecule has 0 spiro atoms. The predicted molar refractivity (Wildman–Crippen MR) is 49.5 cm³/mol. The summed E-state index contributed by atoms with van der Waals surface area (Å²) in [6.07, 6.45) is 3.47. The second kappa shape index (κ2) is 2.52. The van der Waals surface area contributed by atoms with Crippen molar-refractivity contribution in [3.63, 3.8) is 0 Å². The minimum absolute atomic E-state index is 0.0869. The normalized spacial score (nSPS) is 12.2. The Kier molecular flexibility index (Phi) is 1.58. The predicted octanol–water partition coefficient (Wildman–Crippen LogP) is 1.42. The molecule has 68 valence electrons. The van der Waals surface area contributed by atoms with Gasteiger partial charge in [-0.05, 0) is 6.07 Å². The summed E-state index contributed by atoms with van der Waals surface area (Å²) in [6, 6.07) is 2.00. The average molecular weight is 176 g/mol. The SMILES string of the molecule is CC(C)(C)c1ccnc2nncn12. The van der Waals surface area contributed by atoms with Crippen LogP contribution in [0, 0.1) is 0 Å². The lowest BCUT2D eigenvalue weighted by Gasteiger charge is -2.19. The molecule has 0 aliphatic rings. The zero-order valence-electron chi connectivity index (χ0n) is 8.02. The van der Waals surface area contributed by atoms with E-state index in [1.807, 2.05) is 10.5 Å². The van der Waals surface area contributed by atoms with Gasteiger partial charge in [0.15, 0.2) is 0 Å². The summed E-state index contributed by atoms with van der Waals surface area (Å²) in [6.45, 7) is 6.46. The van der Waals surface area contributed by atoms with Gasteiger partial charge in [0, 0.05) is 17.3 Å². The van der Waals surface area contributed by atoms with Gasteiger partial charge in [-0.3, -0.25) is 4.40 Å². The molecule has 4 nitrogen and oxygen atoms in total. The van der Waals surface area contributed by atoms with E-state index < -0.39 is 0 Å². The van der Waals surface area contributed by atoms with Crippen molar-refractivity contribution in [2.24, 2.45) is 0 Å². The van der Waals surface area contributed by atoms with Crippen LogP contribution in [0.1, 0.15) is 26.5 Å². The Morgan fingerprint density at radius 3 is 2.77 bits per heavy atom. The molecule has 0 atom stereocenters. The summed E-state index contributed by atoms with van der Waals surface area (Å²) < 4.78 is 1.92. The molecular formula is C9H12N4. The second-order valence-corrected chi connectivity index (χ2v) is 4.08. The van der Waals surface area contributed by atoms with Crippen molar-refractivity contribution >= 4 is 5.78 Å². The van der Waals surface area contributed by atoms with Crippen molar-refractivity contribution < 1.29 is 0 Å². The van der Waals surface area contributed by atoms with Gasteiger partial charge >= 0.3 is 0 Å². The van der Waals surface area contributed by atoms with Gasteiger partial charge in [0.05, 0.1) is 0 Å². The molecule has 0 amide bonds. The van der Waals surface area contributed by atoms with E-state index in [1.165, 1.54) is 5.69 Å². The van der Waals surface area contributed by atoms with E-state index in [0.717, 1.165) is 0 Å². The minimum atomic E-state index is 0.0869. The van der Waals surface area contributed by atoms with Crippen molar-refractivity contribution in [2.45, 2.75) is 26.2 Å². The molecule has 2 heterocycles. The number of fused-ring (bicyclic) bond motifs is 1. The highest BCUT2D eigenvalue weighted by molar-refractivity contribution is 5.30. The number of hydrogen-bond acceptors (Lipinski definition) is 3. The Labute approximate surface area is 76.6 Å². The fourth-order valence-electron chi connectivity index (χ4n) is 1.35. The van der Waals surface area contributed by atoms with Crippen molar-refractivity contribution in [1.82, 2.24) is 19.6 Å². The van der Waals surface area contributed by atoms with Gasteiger partial charge in [-0.15, -0.1) is 10.2 Å². The van der Waals surface area contributed by atoms with Gasteiger partial charge in [0.25, 0.3) is 5.78 Å². The van der Waals surface area contributed by atoms with E-state index in [1.54, 1.807) is 12.5 Å². The molecule has 2 aromatic heterocycles. The number of hydrogen-bond donors (Lipinski definition) is 0. The second-order valence-electron chi connectivity index (χ2n) is 4.08. The van der Waals surface area contributed by atoms with Crippen LogP contribution in [0.25, 0.3) is 5.78 Å². The van der Waals surface area contributed by atoms with Crippen LogP contribution in [0.4, 0.5) is 0 Å². The van der Waals surface area contributed by atoms with Gasteiger partial charge < -0.3 is 0 Å². The number of rotatable bonds is 0. The molecule has 4 heteroatoms. The van der Waals surface area contributed by atoms with Crippen molar-refractivity contribution in [3.05, 3.63) is 24.3 Å². The lowest BCUT2D eigenvalue weighted by Crippen LogP contribution is -2.16. The van der Waals surface area contributed by atoms with Crippen LogP contribution in [0.15, 0.2) is 18.6 Å². The summed E-state index contributed by atoms with van der Waals surface area (Å²) in [5.74, 6) is 0.660. The Morgan fingerprint density at radius 1 is 1.31 bits per heavy atom. The van der Waals surface area contributed by atoms with Crippen LogP contribution in [0.3, 0.4) is 0 Å². The Morgan fingerprint density at radius 2 is 2.08 bits per heavy atom. The zero-order valence-corrected chi connectivity index (χ0v) is 8.02. The fraction of sp³-hybridized carbons (Fsp3) is 0.444. The molecule has 0 N–H and O–H groups in total. The van der Waals surface area contributed by atoms with Gasteiger partial charge in [-0.2, -0.15) is 0 Å². The Hall–Kier alpha value is -1.45. The Bertz CT molecular complexity index is 424. The molecule has 13 heavy (non-hydrogen) atoms.